The molecule has 1 amide bonds. The number of amides is 1. The third-order valence-corrected chi connectivity index (χ3v) is 4.40. The van der Waals surface area contributed by atoms with Gasteiger partial charge in [-0.1, -0.05) is 24.4 Å². The Morgan fingerprint density at radius 2 is 2.26 bits per heavy atom. The number of hydrogen-bond donors (Lipinski definition) is 3. The number of nitrogens with one attached hydrogen (secondary N) is 2. The van der Waals surface area contributed by atoms with Crippen LogP contribution in [0.1, 0.15) is 42.6 Å². The van der Waals surface area contributed by atoms with E-state index >= 15 is 0 Å². The van der Waals surface area contributed by atoms with E-state index in [1.165, 1.54) is 12.8 Å². The molecule has 104 valence electrons. The third kappa shape index (κ3) is 2.30. The van der Waals surface area contributed by atoms with Gasteiger partial charge in [0.05, 0.1) is 18.2 Å². The molecule has 1 aliphatic carbocycles. The summed E-state index contributed by atoms with van der Waals surface area (Å²) < 4.78 is 5.89. The molecule has 0 bridgehead atoms. The number of aromatic amines is 1. The Kier molecular flexibility index (Phi) is 3.14. The molecule has 2 aliphatic rings. The minimum atomic E-state index is -0.280. The molecule has 4 N–H and O–H groups in total. The first-order chi connectivity index (χ1) is 9.10. The van der Waals surface area contributed by atoms with Crippen LogP contribution >= 0.6 is 11.6 Å². The first-order valence-corrected chi connectivity index (χ1v) is 6.92. The molecule has 0 radical (unpaired) electrons. The lowest BCUT2D eigenvalue weighted by atomic mass is 9.96. The zero-order chi connectivity index (χ0) is 13.5. The van der Waals surface area contributed by atoms with E-state index in [1.807, 2.05) is 0 Å². The van der Waals surface area contributed by atoms with Crippen LogP contribution in [0.25, 0.3) is 0 Å². The highest BCUT2D eigenvalue weighted by Gasteiger charge is 2.43. The third-order valence-electron chi connectivity index (χ3n) is 4.02. The molecule has 1 aliphatic heterocycles. The molecule has 2 fully saturated rings. The second-order valence-electron chi connectivity index (χ2n) is 5.37. The van der Waals surface area contributed by atoms with Gasteiger partial charge in [-0.05, 0) is 19.3 Å². The molecular weight excluding hydrogens is 268 g/mol. The summed E-state index contributed by atoms with van der Waals surface area (Å²) in [4.78, 5) is 12.1. The van der Waals surface area contributed by atoms with Gasteiger partial charge in [-0.3, -0.25) is 9.89 Å². The Labute approximate surface area is 116 Å². The van der Waals surface area contributed by atoms with Crippen molar-refractivity contribution >= 4 is 23.3 Å². The summed E-state index contributed by atoms with van der Waals surface area (Å²) in [6.07, 6.45) is 5.49. The number of nitrogen functional groups attached to an aromatic ring is 1. The predicted molar refractivity (Wildman–Crippen MR) is 71.0 cm³/mol. The number of ether oxygens (including phenoxy) is 1. The lowest BCUT2D eigenvalue weighted by Gasteiger charge is -2.21. The van der Waals surface area contributed by atoms with Crippen LogP contribution in [0.5, 0.6) is 0 Å². The van der Waals surface area contributed by atoms with Gasteiger partial charge < -0.3 is 15.8 Å². The van der Waals surface area contributed by atoms with Crippen LogP contribution in [0.3, 0.4) is 0 Å². The second-order valence-corrected chi connectivity index (χ2v) is 5.75. The van der Waals surface area contributed by atoms with Crippen LogP contribution in [0.15, 0.2) is 0 Å². The summed E-state index contributed by atoms with van der Waals surface area (Å²) >= 11 is 5.90. The number of nitrogens with two attached hydrogens (primary N) is 1. The Balaban J connectivity index is 1.63. The molecule has 7 heteroatoms. The Morgan fingerprint density at radius 3 is 2.89 bits per heavy atom. The lowest BCUT2D eigenvalue weighted by Crippen LogP contribution is -2.36. The van der Waals surface area contributed by atoms with Crippen molar-refractivity contribution in [2.75, 3.05) is 12.3 Å². The second kappa shape index (κ2) is 4.68. The summed E-state index contributed by atoms with van der Waals surface area (Å²) in [6, 6.07) is 0.0335. The van der Waals surface area contributed by atoms with Crippen LogP contribution in [-0.2, 0) is 4.74 Å². The average Bonchev–Trinajstić information content (AvgIpc) is 3.06. The van der Waals surface area contributed by atoms with Crippen molar-refractivity contribution in [1.82, 2.24) is 15.5 Å². The number of carbonyl (C=O) groups excluding carboxylic acids is 1. The molecular formula is C12H17ClN4O2. The van der Waals surface area contributed by atoms with Crippen molar-refractivity contribution in [2.45, 2.75) is 43.7 Å². The van der Waals surface area contributed by atoms with Crippen LogP contribution in [0.2, 0.25) is 5.02 Å². The fourth-order valence-corrected chi connectivity index (χ4v) is 3.23. The van der Waals surface area contributed by atoms with Crippen LogP contribution in [0.4, 0.5) is 5.82 Å². The van der Waals surface area contributed by atoms with E-state index in [1.54, 1.807) is 0 Å². The molecule has 1 saturated heterocycles. The molecule has 19 heavy (non-hydrogen) atoms. The van der Waals surface area contributed by atoms with Gasteiger partial charge in [0.25, 0.3) is 5.91 Å². The number of hydrogen-bond acceptors (Lipinski definition) is 4. The van der Waals surface area contributed by atoms with Gasteiger partial charge in [0.15, 0.2) is 5.82 Å². The molecule has 2 heterocycles. The van der Waals surface area contributed by atoms with Crippen LogP contribution in [-0.4, -0.2) is 34.4 Å². The monoisotopic (exact) mass is 284 g/mol. The Bertz CT molecular complexity index is 496. The standard InChI is InChI=1S/C12H17ClN4O2/c13-8-9(16-17-10(8)14)11(18)15-7-5-12(19-6-7)3-1-2-4-12/h7H,1-6H2,(H,15,18)(H3,14,16,17). The summed E-state index contributed by atoms with van der Waals surface area (Å²) in [6.45, 7) is 0.562. The molecule has 1 aromatic heterocycles. The van der Waals surface area contributed by atoms with Crippen molar-refractivity contribution < 1.29 is 9.53 Å². The van der Waals surface area contributed by atoms with E-state index in [0.29, 0.717) is 6.61 Å². The van der Waals surface area contributed by atoms with Gasteiger partial charge in [-0.2, -0.15) is 5.10 Å². The largest absolute Gasteiger partial charge is 0.381 e. The van der Waals surface area contributed by atoms with E-state index < -0.39 is 0 Å². The van der Waals surface area contributed by atoms with Crippen LogP contribution < -0.4 is 11.1 Å². The zero-order valence-corrected chi connectivity index (χ0v) is 11.3. The molecule has 1 unspecified atom stereocenters. The zero-order valence-electron chi connectivity index (χ0n) is 10.5. The van der Waals surface area contributed by atoms with E-state index in [-0.39, 0.29) is 34.1 Å². The SMILES string of the molecule is Nc1n[nH]c(C(=O)NC2COC3(CCCC3)C2)c1Cl. The van der Waals surface area contributed by atoms with Crippen molar-refractivity contribution in [2.24, 2.45) is 0 Å². The summed E-state index contributed by atoms with van der Waals surface area (Å²) in [5, 5.41) is 9.36. The van der Waals surface area contributed by atoms with Gasteiger partial charge in [0, 0.05) is 0 Å². The maximum absolute atomic E-state index is 12.1. The topological polar surface area (TPSA) is 93.0 Å². The number of carbonyl (C=O) groups is 1. The molecule has 1 saturated carbocycles. The first-order valence-electron chi connectivity index (χ1n) is 6.54. The van der Waals surface area contributed by atoms with Crippen molar-refractivity contribution in [3.8, 4) is 0 Å². The Hall–Kier alpha value is -1.27. The average molecular weight is 285 g/mol. The van der Waals surface area contributed by atoms with Crippen molar-refractivity contribution in [3.05, 3.63) is 10.7 Å². The lowest BCUT2D eigenvalue weighted by molar-refractivity contribution is 0.00987. The number of aromatic nitrogens is 2. The minimum absolute atomic E-state index is 0.00520. The highest BCUT2D eigenvalue weighted by molar-refractivity contribution is 6.35. The molecule has 1 aromatic rings. The summed E-state index contributed by atoms with van der Waals surface area (Å²) in [5.41, 5.74) is 5.71. The molecule has 6 nitrogen and oxygen atoms in total. The summed E-state index contributed by atoms with van der Waals surface area (Å²) in [5.74, 6) is -0.139. The van der Waals surface area contributed by atoms with Gasteiger partial charge in [0.1, 0.15) is 10.7 Å². The molecule has 1 spiro atoms. The van der Waals surface area contributed by atoms with E-state index in [2.05, 4.69) is 15.5 Å². The molecule has 1 atom stereocenters. The van der Waals surface area contributed by atoms with Gasteiger partial charge in [0.2, 0.25) is 0 Å². The fraction of sp³-hybridized carbons (Fsp3) is 0.667. The summed E-state index contributed by atoms with van der Waals surface area (Å²) in [7, 11) is 0. The highest BCUT2D eigenvalue weighted by Crippen LogP contribution is 2.40. The smallest absolute Gasteiger partial charge is 0.271 e. The van der Waals surface area contributed by atoms with Gasteiger partial charge in [-0.25, -0.2) is 0 Å². The number of nitrogens with zero attached hydrogens (tertiary/aromatic N) is 1. The molecule has 0 aromatic carbocycles. The number of H-pyrrole nitrogens is 1. The van der Waals surface area contributed by atoms with Crippen molar-refractivity contribution in [3.63, 3.8) is 0 Å². The molecule has 3 rings (SSSR count). The maximum atomic E-state index is 12.1. The number of rotatable bonds is 2. The predicted octanol–water partition coefficient (Wildman–Crippen LogP) is 1.48. The minimum Gasteiger partial charge on any atom is -0.381 e. The van der Waals surface area contributed by atoms with Crippen molar-refractivity contribution in [1.29, 1.82) is 0 Å². The van der Waals surface area contributed by atoms with E-state index in [4.69, 9.17) is 22.1 Å². The van der Waals surface area contributed by atoms with E-state index in [0.717, 1.165) is 19.3 Å². The first kappa shape index (κ1) is 12.7. The highest BCUT2D eigenvalue weighted by atomic mass is 35.5. The maximum Gasteiger partial charge on any atom is 0.271 e. The van der Waals surface area contributed by atoms with Crippen LogP contribution in [0, 0.1) is 0 Å². The number of halogens is 1. The normalized spacial score (nSPS) is 25.0. The van der Waals surface area contributed by atoms with Gasteiger partial charge in [-0.15, -0.1) is 0 Å². The number of anilines is 1. The fourth-order valence-electron chi connectivity index (χ4n) is 3.06. The quantitative estimate of drug-likeness (QED) is 0.767. The van der Waals surface area contributed by atoms with E-state index in [9.17, 15) is 4.79 Å². The Morgan fingerprint density at radius 1 is 1.53 bits per heavy atom. The van der Waals surface area contributed by atoms with Gasteiger partial charge >= 0.3 is 0 Å².